The largest absolute Gasteiger partial charge is 0.412 e. The number of aliphatic hydroxyl groups is 4. The second-order valence-electron chi connectivity index (χ2n) is 3.87. The zero-order valence-corrected chi connectivity index (χ0v) is 8.21. The SMILES string of the molecule is CC1(C)OC(CO)[C@@H](O)[C@@H](O)C1O.O. The minimum atomic E-state index is -1.28. The highest BCUT2D eigenvalue weighted by atomic mass is 16.6. The molecule has 0 amide bonds. The third-order valence-corrected chi connectivity index (χ3v) is 2.40. The summed E-state index contributed by atoms with van der Waals surface area (Å²) < 4.78 is 5.21. The van der Waals surface area contributed by atoms with E-state index in [0.29, 0.717) is 0 Å². The summed E-state index contributed by atoms with van der Waals surface area (Å²) in [6, 6.07) is 0. The first-order valence-corrected chi connectivity index (χ1v) is 4.23. The lowest BCUT2D eigenvalue weighted by molar-refractivity contribution is -0.262. The molecule has 14 heavy (non-hydrogen) atoms. The summed E-state index contributed by atoms with van der Waals surface area (Å²) in [4.78, 5) is 0. The van der Waals surface area contributed by atoms with Crippen molar-refractivity contribution in [3.63, 3.8) is 0 Å². The molecule has 0 aromatic heterocycles. The van der Waals surface area contributed by atoms with E-state index >= 15 is 0 Å². The molecular formula is C8H18O6. The van der Waals surface area contributed by atoms with Crippen molar-refractivity contribution in [2.24, 2.45) is 0 Å². The molecule has 6 heteroatoms. The first kappa shape index (κ1) is 13.8. The average molecular weight is 210 g/mol. The van der Waals surface area contributed by atoms with E-state index in [1.54, 1.807) is 13.8 Å². The smallest absolute Gasteiger partial charge is 0.111 e. The van der Waals surface area contributed by atoms with Crippen LogP contribution < -0.4 is 0 Å². The van der Waals surface area contributed by atoms with Crippen LogP contribution in [0.3, 0.4) is 0 Å². The monoisotopic (exact) mass is 210 g/mol. The summed E-state index contributed by atoms with van der Waals surface area (Å²) in [5.74, 6) is 0. The van der Waals surface area contributed by atoms with Crippen molar-refractivity contribution >= 4 is 0 Å². The van der Waals surface area contributed by atoms with Crippen LogP contribution in [0.2, 0.25) is 0 Å². The summed E-state index contributed by atoms with van der Waals surface area (Å²) in [6.07, 6.45) is -4.51. The van der Waals surface area contributed by atoms with Gasteiger partial charge in [0.25, 0.3) is 0 Å². The Hall–Kier alpha value is -0.240. The van der Waals surface area contributed by atoms with Gasteiger partial charge in [-0.25, -0.2) is 0 Å². The minimum absolute atomic E-state index is 0. The molecule has 86 valence electrons. The standard InChI is InChI=1S/C8H16O5.H2O/c1-8(2)7(12)6(11)5(10)4(3-9)13-8;/h4-7,9-12H,3H2,1-2H3;1H2/t4?,5-,6-,7?;/m1./s1. The molecule has 1 saturated heterocycles. The number of hydrogen-bond donors (Lipinski definition) is 4. The van der Waals surface area contributed by atoms with E-state index in [0.717, 1.165) is 0 Å². The molecule has 0 aromatic carbocycles. The zero-order chi connectivity index (χ0) is 10.2. The van der Waals surface area contributed by atoms with E-state index in [9.17, 15) is 15.3 Å². The Morgan fingerprint density at radius 1 is 1.14 bits per heavy atom. The van der Waals surface area contributed by atoms with Crippen LogP contribution in [0.4, 0.5) is 0 Å². The molecule has 1 fully saturated rings. The molecule has 6 nitrogen and oxygen atoms in total. The molecule has 1 aliphatic heterocycles. The van der Waals surface area contributed by atoms with Crippen molar-refractivity contribution in [2.45, 2.75) is 43.9 Å². The number of rotatable bonds is 1. The first-order valence-electron chi connectivity index (χ1n) is 4.23. The Morgan fingerprint density at radius 3 is 2.07 bits per heavy atom. The van der Waals surface area contributed by atoms with Gasteiger partial charge in [-0.05, 0) is 13.8 Å². The maximum Gasteiger partial charge on any atom is 0.111 e. The molecular weight excluding hydrogens is 192 g/mol. The molecule has 1 aliphatic rings. The quantitative estimate of drug-likeness (QED) is 0.378. The summed E-state index contributed by atoms with van der Waals surface area (Å²) >= 11 is 0. The predicted octanol–water partition coefficient (Wildman–Crippen LogP) is -2.59. The van der Waals surface area contributed by atoms with E-state index in [2.05, 4.69) is 0 Å². The van der Waals surface area contributed by atoms with Crippen molar-refractivity contribution in [3.05, 3.63) is 0 Å². The molecule has 2 unspecified atom stereocenters. The predicted molar refractivity (Wildman–Crippen MR) is 47.7 cm³/mol. The van der Waals surface area contributed by atoms with Gasteiger partial charge in [0.05, 0.1) is 12.2 Å². The van der Waals surface area contributed by atoms with Crippen molar-refractivity contribution in [1.29, 1.82) is 0 Å². The second-order valence-corrected chi connectivity index (χ2v) is 3.87. The van der Waals surface area contributed by atoms with Crippen LogP contribution in [0, 0.1) is 0 Å². The maximum absolute atomic E-state index is 9.47. The Kier molecular flexibility index (Phi) is 4.44. The van der Waals surface area contributed by atoms with Crippen molar-refractivity contribution in [1.82, 2.24) is 0 Å². The molecule has 6 N–H and O–H groups in total. The molecule has 1 heterocycles. The summed E-state index contributed by atoms with van der Waals surface area (Å²) in [6.45, 7) is 2.80. The lowest BCUT2D eigenvalue weighted by atomic mass is 9.87. The van der Waals surface area contributed by atoms with E-state index < -0.39 is 30.0 Å². The number of ether oxygens (including phenoxy) is 1. The van der Waals surface area contributed by atoms with E-state index in [4.69, 9.17) is 9.84 Å². The van der Waals surface area contributed by atoms with Gasteiger partial charge in [0.2, 0.25) is 0 Å². The van der Waals surface area contributed by atoms with Crippen LogP contribution in [0.15, 0.2) is 0 Å². The van der Waals surface area contributed by atoms with Gasteiger partial charge in [0.15, 0.2) is 0 Å². The highest BCUT2D eigenvalue weighted by Gasteiger charge is 2.47. The molecule has 0 radical (unpaired) electrons. The Labute approximate surface area is 82.1 Å². The van der Waals surface area contributed by atoms with Gasteiger partial charge < -0.3 is 30.6 Å². The van der Waals surface area contributed by atoms with Crippen LogP contribution in [-0.4, -0.2) is 62.5 Å². The van der Waals surface area contributed by atoms with Crippen LogP contribution in [-0.2, 0) is 4.74 Å². The lowest BCUT2D eigenvalue weighted by Crippen LogP contribution is -2.62. The number of hydrogen-bond acceptors (Lipinski definition) is 5. The molecule has 0 aliphatic carbocycles. The van der Waals surface area contributed by atoms with Gasteiger partial charge in [-0.1, -0.05) is 0 Å². The van der Waals surface area contributed by atoms with Crippen molar-refractivity contribution in [3.8, 4) is 0 Å². The van der Waals surface area contributed by atoms with Gasteiger partial charge in [0.1, 0.15) is 24.4 Å². The third kappa shape index (κ3) is 2.22. The highest BCUT2D eigenvalue weighted by Crippen LogP contribution is 2.28. The van der Waals surface area contributed by atoms with Crippen LogP contribution in [0.5, 0.6) is 0 Å². The van der Waals surface area contributed by atoms with E-state index in [1.165, 1.54) is 0 Å². The van der Waals surface area contributed by atoms with Gasteiger partial charge in [-0.2, -0.15) is 0 Å². The highest BCUT2D eigenvalue weighted by molar-refractivity contribution is 4.96. The van der Waals surface area contributed by atoms with Crippen LogP contribution in [0.1, 0.15) is 13.8 Å². The van der Waals surface area contributed by atoms with Gasteiger partial charge >= 0.3 is 0 Å². The van der Waals surface area contributed by atoms with E-state index in [-0.39, 0.29) is 12.1 Å². The normalized spacial score (nSPS) is 41.6. The van der Waals surface area contributed by atoms with Gasteiger partial charge in [0, 0.05) is 0 Å². The van der Waals surface area contributed by atoms with Crippen molar-refractivity contribution in [2.75, 3.05) is 6.61 Å². The zero-order valence-electron chi connectivity index (χ0n) is 8.21. The Morgan fingerprint density at radius 2 is 1.64 bits per heavy atom. The van der Waals surface area contributed by atoms with E-state index in [1.807, 2.05) is 0 Å². The Balaban J connectivity index is 0.00000169. The van der Waals surface area contributed by atoms with Gasteiger partial charge in [-0.15, -0.1) is 0 Å². The lowest BCUT2D eigenvalue weighted by Gasteiger charge is -2.45. The molecule has 0 spiro atoms. The van der Waals surface area contributed by atoms with Gasteiger partial charge in [-0.3, -0.25) is 0 Å². The summed E-state index contributed by atoms with van der Waals surface area (Å²) in [7, 11) is 0. The first-order chi connectivity index (χ1) is 5.90. The average Bonchev–Trinajstić information content (AvgIpc) is 2.08. The molecule has 0 bridgehead atoms. The fourth-order valence-corrected chi connectivity index (χ4v) is 1.49. The topological polar surface area (TPSA) is 122 Å². The molecule has 4 atom stereocenters. The fourth-order valence-electron chi connectivity index (χ4n) is 1.49. The molecule has 1 rings (SSSR count). The summed E-state index contributed by atoms with van der Waals surface area (Å²) in [5.41, 5.74) is -0.952. The fraction of sp³-hybridized carbons (Fsp3) is 1.00. The second kappa shape index (κ2) is 4.52. The molecule has 0 saturated carbocycles. The molecule has 0 aromatic rings. The van der Waals surface area contributed by atoms with Crippen LogP contribution in [0.25, 0.3) is 0 Å². The van der Waals surface area contributed by atoms with Crippen molar-refractivity contribution < 1.29 is 30.6 Å². The summed E-state index contributed by atoms with van der Waals surface area (Å²) in [5, 5.41) is 37.0. The maximum atomic E-state index is 9.47. The third-order valence-electron chi connectivity index (χ3n) is 2.40. The number of aliphatic hydroxyl groups excluding tert-OH is 4. The van der Waals surface area contributed by atoms with Crippen LogP contribution >= 0.6 is 0 Å². The Bertz CT molecular complexity index is 181. The minimum Gasteiger partial charge on any atom is -0.412 e.